The Morgan fingerprint density at radius 2 is 1.63 bits per heavy atom. The minimum absolute atomic E-state index is 0.217. The van der Waals surface area contributed by atoms with Gasteiger partial charge in [0.1, 0.15) is 0 Å². The quantitative estimate of drug-likeness (QED) is 0.361. The number of ether oxygens (including phenoxy) is 2. The van der Waals surface area contributed by atoms with Gasteiger partial charge in [-0.1, -0.05) is 48.5 Å². The van der Waals surface area contributed by atoms with E-state index in [0.717, 1.165) is 21.9 Å². The van der Waals surface area contributed by atoms with Crippen molar-refractivity contribution in [2.24, 2.45) is 0 Å². The van der Waals surface area contributed by atoms with E-state index < -0.39 is 0 Å². The Labute approximate surface area is 201 Å². The summed E-state index contributed by atoms with van der Waals surface area (Å²) in [5.74, 6) is 1.23. The third-order valence-electron chi connectivity index (χ3n) is 6.27. The molecule has 0 saturated carbocycles. The smallest absolute Gasteiger partial charge is 0.331 e. The number of fused-ring (bicyclic) bond motifs is 2. The van der Waals surface area contributed by atoms with Gasteiger partial charge in [-0.25, -0.2) is 9.78 Å². The van der Waals surface area contributed by atoms with Gasteiger partial charge in [0.05, 0.1) is 26.3 Å². The standard InChI is InChI=1S/C28H25N3O4/c1-34-24-13-12-19(17-25(24)35-2)14-16-30-27(32)26-23(11-6-15-29-26)31(28(30)33)18-21-9-5-8-20-7-3-4-10-22(20)21/h3-13,15,17H,14,16,18H2,1-2H3. The van der Waals surface area contributed by atoms with Crippen LogP contribution in [0.15, 0.2) is 88.6 Å². The lowest BCUT2D eigenvalue weighted by molar-refractivity contribution is 0.354. The highest BCUT2D eigenvalue weighted by Gasteiger charge is 2.15. The maximum Gasteiger partial charge on any atom is 0.331 e. The second-order valence-corrected chi connectivity index (χ2v) is 8.27. The van der Waals surface area contributed by atoms with Crippen molar-refractivity contribution in [1.29, 1.82) is 0 Å². The summed E-state index contributed by atoms with van der Waals surface area (Å²) in [7, 11) is 3.16. The fourth-order valence-corrected chi connectivity index (χ4v) is 4.47. The molecule has 0 radical (unpaired) electrons. The number of methoxy groups -OCH3 is 2. The van der Waals surface area contributed by atoms with Crippen LogP contribution < -0.4 is 20.7 Å². The zero-order valence-electron chi connectivity index (χ0n) is 19.6. The van der Waals surface area contributed by atoms with Crippen LogP contribution in [0.4, 0.5) is 0 Å². The molecule has 0 atom stereocenters. The van der Waals surface area contributed by atoms with Crippen LogP contribution in [0.3, 0.4) is 0 Å². The summed E-state index contributed by atoms with van der Waals surface area (Å²) in [6, 6.07) is 23.2. The van der Waals surface area contributed by atoms with Crippen molar-refractivity contribution >= 4 is 21.8 Å². The molecule has 176 valence electrons. The number of aromatic nitrogens is 3. The summed E-state index contributed by atoms with van der Waals surface area (Å²) in [5, 5.41) is 2.17. The van der Waals surface area contributed by atoms with Crippen LogP contribution in [0.2, 0.25) is 0 Å². The normalized spacial score (nSPS) is 11.1. The Balaban J connectivity index is 1.58. The fourth-order valence-electron chi connectivity index (χ4n) is 4.47. The van der Waals surface area contributed by atoms with Crippen LogP contribution in [0.5, 0.6) is 11.5 Å². The van der Waals surface area contributed by atoms with Crippen molar-refractivity contribution in [2.75, 3.05) is 14.2 Å². The zero-order chi connectivity index (χ0) is 24.4. The number of hydrogen-bond acceptors (Lipinski definition) is 5. The molecule has 35 heavy (non-hydrogen) atoms. The Morgan fingerprint density at radius 1 is 0.829 bits per heavy atom. The van der Waals surface area contributed by atoms with Crippen molar-refractivity contribution in [3.8, 4) is 11.5 Å². The van der Waals surface area contributed by atoms with Gasteiger partial charge in [0.2, 0.25) is 0 Å². The molecule has 0 saturated heterocycles. The van der Waals surface area contributed by atoms with Crippen LogP contribution in [0.1, 0.15) is 11.1 Å². The molecule has 7 nitrogen and oxygen atoms in total. The summed E-state index contributed by atoms with van der Waals surface area (Å²) < 4.78 is 13.6. The fraction of sp³-hybridized carbons (Fsp3) is 0.179. The Hall–Kier alpha value is -4.39. The third-order valence-corrected chi connectivity index (χ3v) is 6.27. The average molecular weight is 468 g/mol. The molecule has 5 aromatic rings. The lowest BCUT2D eigenvalue weighted by Crippen LogP contribution is -2.41. The van der Waals surface area contributed by atoms with E-state index >= 15 is 0 Å². The number of rotatable bonds is 7. The molecule has 0 N–H and O–H groups in total. The second-order valence-electron chi connectivity index (χ2n) is 8.27. The molecule has 5 rings (SSSR count). The van der Waals surface area contributed by atoms with E-state index in [4.69, 9.17) is 9.47 Å². The van der Waals surface area contributed by atoms with Gasteiger partial charge < -0.3 is 9.47 Å². The largest absolute Gasteiger partial charge is 0.493 e. The Kier molecular flexibility index (Phi) is 6.06. The summed E-state index contributed by atoms with van der Waals surface area (Å²) in [5.41, 5.74) is 1.98. The van der Waals surface area contributed by atoms with E-state index in [1.165, 1.54) is 4.57 Å². The van der Waals surface area contributed by atoms with E-state index in [1.807, 2.05) is 60.7 Å². The molecule has 0 bridgehead atoms. The molecule has 0 amide bonds. The lowest BCUT2D eigenvalue weighted by atomic mass is 10.0. The molecule has 0 aliphatic carbocycles. The van der Waals surface area contributed by atoms with Gasteiger partial charge in [0.25, 0.3) is 5.56 Å². The van der Waals surface area contributed by atoms with Crippen LogP contribution in [0.25, 0.3) is 21.8 Å². The predicted octanol–water partition coefficient (Wildman–Crippen LogP) is 4.02. The number of benzene rings is 3. The van der Waals surface area contributed by atoms with Gasteiger partial charge in [0, 0.05) is 12.7 Å². The highest BCUT2D eigenvalue weighted by Crippen LogP contribution is 2.27. The molecular weight excluding hydrogens is 442 g/mol. The van der Waals surface area contributed by atoms with Crippen LogP contribution in [-0.4, -0.2) is 28.3 Å². The van der Waals surface area contributed by atoms with Gasteiger partial charge in [0.15, 0.2) is 17.0 Å². The molecule has 0 spiro atoms. The minimum Gasteiger partial charge on any atom is -0.493 e. The van der Waals surface area contributed by atoms with Gasteiger partial charge in [-0.2, -0.15) is 0 Å². The second kappa shape index (κ2) is 9.46. The van der Waals surface area contributed by atoms with Crippen LogP contribution in [0, 0.1) is 0 Å². The van der Waals surface area contributed by atoms with E-state index in [2.05, 4.69) is 4.98 Å². The first kappa shape index (κ1) is 22.4. The molecule has 2 aromatic heterocycles. The maximum atomic E-state index is 13.6. The van der Waals surface area contributed by atoms with Crippen LogP contribution in [-0.2, 0) is 19.5 Å². The molecule has 0 aliphatic heterocycles. The molecule has 2 heterocycles. The van der Waals surface area contributed by atoms with Crippen molar-refractivity contribution < 1.29 is 9.47 Å². The Morgan fingerprint density at radius 3 is 2.46 bits per heavy atom. The number of hydrogen-bond donors (Lipinski definition) is 0. The molecular formula is C28H25N3O4. The first-order valence-corrected chi connectivity index (χ1v) is 11.4. The monoisotopic (exact) mass is 467 g/mol. The van der Waals surface area contributed by atoms with Gasteiger partial charge in [-0.05, 0) is 52.6 Å². The number of pyridine rings is 1. The van der Waals surface area contributed by atoms with Gasteiger partial charge in [-0.15, -0.1) is 0 Å². The molecule has 3 aromatic carbocycles. The third kappa shape index (κ3) is 4.17. The highest BCUT2D eigenvalue weighted by atomic mass is 16.5. The van der Waals surface area contributed by atoms with Gasteiger partial charge >= 0.3 is 5.69 Å². The number of nitrogens with zero attached hydrogens (tertiary/aromatic N) is 3. The molecule has 0 aliphatic rings. The van der Waals surface area contributed by atoms with Crippen molar-refractivity contribution in [3.05, 3.63) is 111 Å². The first-order chi connectivity index (χ1) is 17.1. The molecule has 0 fully saturated rings. The predicted molar refractivity (Wildman–Crippen MR) is 137 cm³/mol. The van der Waals surface area contributed by atoms with E-state index in [1.54, 1.807) is 37.1 Å². The summed E-state index contributed by atoms with van der Waals surface area (Å²) >= 11 is 0. The minimum atomic E-state index is -0.389. The average Bonchev–Trinajstić information content (AvgIpc) is 2.91. The van der Waals surface area contributed by atoms with Gasteiger partial charge in [-0.3, -0.25) is 13.9 Å². The van der Waals surface area contributed by atoms with E-state index in [0.29, 0.717) is 30.0 Å². The summed E-state index contributed by atoms with van der Waals surface area (Å²) in [6.45, 7) is 0.550. The highest BCUT2D eigenvalue weighted by molar-refractivity contribution is 5.85. The number of aryl methyl sites for hydroxylation is 1. The van der Waals surface area contributed by atoms with Crippen molar-refractivity contribution in [1.82, 2.24) is 14.1 Å². The summed E-state index contributed by atoms with van der Waals surface area (Å²) in [4.78, 5) is 31.2. The molecule has 7 heteroatoms. The maximum absolute atomic E-state index is 13.6. The topological polar surface area (TPSA) is 75.4 Å². The van der Waals surface area contributed by atoms with Crippen molar-refractivity contribution in [3.63, 3.8) is 0 Å². The first-order valence-electron chi connectivity index (χ1n) is 11.4. The summed E-state index contributed by atoms with van der Waals surface area (Å²) in [6.07, 6.45) is 2.05. The van der Waals surface area contributed by atoms with Crippen molar-refractivity contribution in [2.45, 2.75) is 19.5 Å². The van der Waals surface area contributed by atoms with E-state index in [9.17, 15) is 9.59 Å². The Bertz CT molecular complexity index is 1650. The van der Waals surface area contributed by atoms with E-state index in [-0.39, 0.29) is 23.3 Å². The molecule has 0 unspecified atom stereocenters. The SMILES string of the molecule is COc1ccc(CCn2c(=O)c3ncccc3n(Cc3cccc4ccccc34)c2=O)cc1OC. The van der Waals surface area contributed by atoms with Crippen LogP contribution >= 0.6 is 0 Å². The lowest BCUT2D eigenvalue weighted by Gasteiger charge is -2.15. The zero-order valence-corrected chi connectivity index (χ0v) is 19.6.